The van der Waals surface area contributed by atoms with Crippen molar-refractivity contribution >= 4 is 16.6 Å². The number of fused-ring (bicyclic) bond motifs is 4. The molecule has 134 valence electrons. The monoisotopic (exact) mass is 350 g/mol. The quantitative estimate of drug-likeness (QED) is 0.712. The first-order valence-corrected chi connectivity index (χ1v) is 8.64. The smallest absolute Gasteiger partial charge is 0.366 e. The summed E-state index contributed by atoms with van der Waals surface area (Å²) in [5, 5.41) is 0.133. The van der Waals surface area contributed by atoms with E-state index in [0.717, 1.165) is 43.5 Å². The minimum absolute atomic E-state index is 0.0805. The molecule has 3 nitrogen and oxygen atoms in total. The molecule has 0 aliphatic carbocycles. The second kappa shape index (κ2) is 5.02. The molecule has 1 aromatic carbocycles. The molecule has 0 N–H and O–H groups in total. The van der Waals surface area contributed by atoms with Crippen LogP contribution < -0.4 is 10.5 Å². The largest absolute Gasteiger partial charge is 0.417 e. The van der Waals surface area contributed by atoms with Crippen LogP contribution in [0.3, 0.4) is 0 Å². The molecule has 3 heterocycles. The third kappa shape index (κ3) is 2.22. The third-order valence-electron chi connectivity index (χ3n) is 6.08. The van der Waals surface area contributed by atoms with Crippen molar-refractivity contribution in [2.24, 2.45) is 7.05 Å². The van der Waals surface area contributed by atoms with Gasteiger partial charge in [-0.2, -0.15) is 13.2 Å². The Kier molecular flexibility index (Phi) is 3.31. The third-order valence-corrected chi connectivity index (χ3v) is 6.08. The number of benzene rings is 1. The number of alkyl halides is 3. The molecule has 2 aliphatic heterocycles. The van der Waals surface area contributed by atoms with Gasteiger partial charge in [-0.1, -0.05) is 0 Å². The molecule has 1 unspecified atom stereocenters. The normalized spacial score (nSPS) is 23.0. The molecule has 6 heteroatoms. The Bertz CT molecular complexity index is 945. The lowest BCUT2D eigenvalue weighted by molar-refractivity contribution is -0.136. The maximum Gasteiger partial charge on any atom is 0.417 e. The van der Waals surface area contributed by atoms with Crippen LogP contribution in [0.25, 0.3) is 10.9 Å². The predicted octanol–water partition coefficient (Wildman–Crippen LogP) is 4.17. The van der Waals surface area contributed by atoms with E-state index in [4.69, 9.17) is 0 Å². The summed E-state index contributed by atoms with van der Waals surface area (Å²) in [5.41, 5.74) is 0.781. The summed E-state index contributed by atoms with van der Waals surface area (Å²) in [6.07, 6.45) is -0.615. The highest BCUT2D eigenvalue weighted by atomic mass is 19.4. The first-order chi connectivity index (χ1) is 11.6. The second-order valence-corrected chi connectivity index (χ2v) is 7.61. The number of anilines is 1. The van der Waals surface area contributed by atoms with Crippen LogP contribution in [-0.4, -0.2) is 16.7 Å². The fourth-order valence-corrected chi connectivity index (χ4v) is 4.68. The topological polar surface area (TPSA) is 25.2 Å². The maximum atomic E-state index is 13.6. The number of hydrogen-bond acceptors (Lipinski definition) is 2. The molecule has 2 aliphatic rings. The van der Waals surface area contributed by atoms with Crippen molar-refractivity contribution in [3.63, 3.8) is 0 Å². The average Bonchev–Trinajstić information content (AvgIpc) is 2.92. The summed E-state index contributed by atoms with van der Waals surface area (Å²) in [6.45, 7) is 4.41. The maximum absolute atomic E-state index is 13.6. The van der Waals surface area contributed by atoms with Gasteiger partial charge in [0.1, 0.15) is 0 Å². The van der Waals surface area contributed by atoms with Crippen LogP contribution in [0.2, 0.25) is 0 Å². The first-order valence-electron chi connectivity index (χ1n) is 8.64. The van der Waals surface area contributed by atoms with Crippen LogP contribution in [-0.2, 0) is 19.6 Å². The van der Waals surface area contributed by atoms with Gasteiger partial charge in [-0.15, -0.1) is 0 Å². The number of aromatic nitrogens is 1. The van der Waals surface area contributed by atoms with Crippen molar-refractivity contribution in [2.45, 2.75) is 51.2 Å². The highest BCUT2D eigenvalue weighted by molar-refractivity contribution is 5.89. The molecule has 1 saturated heterocycles. The van der Waals surface area contributed by atoms with Crippen molar-refractivity contribution in [1.29, 1.82) is 0 Å². The Morgan fingerprint density at radius 2 is 1.92 bits per heavy atom. The number of pyridine rings is 1. The molecule has 0 bridgehead atoms. The van der Waals surface area contributed by atoms with E-state index in [-0.39, 0.29) is 16.5 Å². The zero-order valence-corrected chi connectivity index (χ0v) is 14.6. The fraction of sp³-hybridized carbons (Fsp3) is 0.526. The number of rotatable bonds is 0. The molecule has 0 spiro atoms. The number of aryl methyl sites for hydroxylation is 2. The summed E-state index contributed by atoms with van der Waals surface area (Å²) in [5.74, 6) is 0. The van der Waals surface area contributed by atoms with Crippen molar-refractivity contribution < 1.29 is 13.2 Å². The van der Waals surface area contributed by atoms with E-state index in [1.165, 1.54) is 11.5 Å². The zero-order chi connectivity index (χ0) is 18.1. The molecule has 1 atom stereocenters. The van der Waals surface area contributed by atoms with Gasteiger partial charge >= 0.3 is 6.18 Å². The molecule has 0 saturated carbocycles. The van der Waals surface area contributed by atoms with Crippen LogP contribution in [0.5, 0.6) is 0 Å². The van der Waals surface area contributed by atoms with Crippen molar-refractivity contribution in [3.8, 4) is 0 Å². The molecule has 1 fully saturated rings. The predicted molar refractivity (Wildman–Crippen MR) is 92.2 cm³/mol. The van der Waals surface area contributed by atoms with Gasteiger partial charge in [0.05, 0.1) is 11.1 Å². The summed E-state index contributed by atoms with van der Waals surface area (Å²) >= 11 is 0. The average molecular weight is 350 g/mol. The van der Waals surface area contributed by atoms with Gasteiger partial charge in [0.2, 0.25) is 0 Å². The number of halogens is 3. The first kappa shape index (κ1) is 16.5. The van der Waals surface area contributed by atoms with E-state index in [9.17, 15) is 18.0 Å². The van der Waals surface area contributed by atoms with Crippen LogP contribution in [0.15, 0.2) is 16.9 Å². The highest BCUT2D eigenvalue weighted by Gasteiger charge is 2.41. The molecular formula is C19H21F3N2O. The van der Waals surface area contributed by atoms with E-state index < -0.39 is 17.3 Å². The Morgan fingerprint density at radius 3 is 2.60 bits per heavy atom. The van der Waals surface area contributed by atoms with Crippen LogP contribution >= 0.6 is 0 Å². The van der Waals surface area contributed by atoms with Gasteiger partial charge in [0.15, 0.2) is 0 Å². The summed E-state index contributed by atoms with van der Waals surface area (Å²) in [4.78, 5) is 14.7. The van der Waals surface area contributed by atoms with Gasteiger partial charge in [-0.3, -0.25) is 4.79 Å². The molecular weight excluding hydrogens is 329 g/mol. The Morgan fingerprint density at radius 1 is 1.20 bits per heavy atom. The van der Waals surface area contributed by atoms with E-state index in [1.807, 2.05) is 0 Å². The van der Waals surface area contributed by atoms with E-state index in [2.05, 4.69) is 11.8 Å². The van der Waals surface area contributed by atoms with Gasteiger partial charge in [0, 0.05) is 35.8 Å². The Hall–Kier alpha value is -1.98. The molecule has 0 radical (unpaired) electrons. The molecule has 0 amide bonds. The summed E-state index contributed by atoms with van der Waals surface area (Å²) in [7, 11) is 1.55. The molecule has 2 aromatic rings. The van der Waals surface area contributed by atoms with Crippen LogP contribution in [0.4, 0.5) is 18.9 Å². The lowest BCUT2D eigenvalue weighted by Crippen LogP contribution is -2.44. The lowest BCUT2D eigenvalue weighted by atomic mass is 9.84. The summed E-state index contributed by atoms with van der Waals surface area (Å²) < 4.78 is 42.3. The van der Waals surface area contributed by atoms with E-state index >= 15 is 0 Å². The minimum Gasteiger partial charge on any atom is -0.366 e. The van der Waals surface area contributed by atoms with Crippen LogP contribution in [0.1, 0.15) is 42.9 Å². The molecule has 4 rings (SSSR count). The number of hydrogen-bond donors (Lipinski definition) is 0. The van der Waals surface area contributed by atoms with Crippen molar-refractivity contribution in [3.05, 3.63) is 39.2 Å². The van der Waals surface area contributed by atoms with Gasteiger partial charge in [-0.25, -0.2) is 0 Å². The molecule has 25 heavy (non-hydrogen) atoms. The highest BCUT2D eigenvalue weighted by Crippen LogP contribution is 2.46. The second-order valence-electron chi connectivity index (χ2n) is 7.61. The Labute approximate surface area is 144 Å². The van der Waals surface area contributed by atoms with Crippen molar-refractivity contribution in [1.82, 2.24) is 4.57 Å². The molecule has 1 aromatic heterocycles. The van der Waals surface area contributed by atoms with Gasteiger partial charge in [-0.05, 0) is 57.2 Å². The number of nitrogens with zero attached hydrogens (tertiary/aromatic N) is 2. The van der Waals surface area contributed by atoms with Crippen LogP contribution in [0, 0.1) is 6.92 Å². The van der Waals surface area contributed by atoms with Crippen molar-refractivity contribution in [2.75, 3.05) is 11.4 Å². The summed E-state index contributed by atoms with van der Waals surface area (Å²) in [6, 6.07) is 3.46. The SMILES string of the molecule is Cc1c(C(F)(F)F)c2cc3c(cc2n(C)c1=O)N1CCCC1(C)CC3. The van der Waals surface area contributed by atoms with E-state index in [0.29, 0.717) is 5.52 Å². The Balaban J connectivity index is 2.08. The van der Waals surface area contributed by atoms with E-state index in [1.54, 1.807) is 19.2 Å². The fourth-order valence-electron chi connectivity index (χ4n) is 4.68. The zero-order valence-electron chi connectivity index (χ0n) is 14.6. The lowest BCUT2D eigenvalue weighted by Gasteiger charge is -2.42. The minimum atomic E-state index is -4.54. The van der Waals surface area contributed by atoms with Gasteiger partial charge < -0.3 is 9.47 Å². The van der Waals surface area contributed by atoms with Gasteiger partial charge in [0.25, 0.3) is 5.56 Å². The standard InChI is InChI=1S/C19H21F3N2O/c1-11-16(19(20,21)22)13-9-12-5-7-18(2)6-4-8-24(18)14(12)10-15(13)23(3)17(11)25/h9-10H,4-8H2,1-3H3.